The molecule has 0 amide bonds. The molecule has 0 radical (unpaired) electrons. The van der Waals surface area contributed by atoms with Crippen LogP contribution in [0.3, 0.4) is 0 Å². The van der Waals surface area contributed by atoms with Gasteiger partial charge in [0.05, 0.1) is 0 Å². The van der Waals surface area contributed by atoms with Crippen LogP contribution < -0.4 is 14.3 Å². The third kappa shape index (κ3) is 19.5. The van der Waals surface area contributed by atoms with Gasteiger partial charge in [0.25, 0.3) is 0 Å². The second-order valence-corrected chi connectivity index (χ2v) is 18.0. The second kappa shape index (κ2) is 32.6. The summed E-state index contributed by atoms with van der Waals surface area (Å²) in [6.07, 6.45) is 39.3. The molecular formula is C54H85O3P-2. The Morgan fingerprint density at radius 1 is 0.379 bits per heavy atom. The van der Waals surface area contributed by atoms with Gasteiger partial charge in [0, 0.05) is 0 Å². The molecule has 3 aromatic rings. The molecule has 3 aromatic carbocycles. The Bertz CT molecular complexity index is 1460. The smallest absolute Gasteiger partial charge is 0.123 e. The predicted octanol–water partition coefficient (Wildman–Crippen LogP) is 16.5. The van der Waals surface area contributed by atoms with Gasteiger partial charge in [0.15, 0.2) is 0 Å². The van der Waals surface area contributed by atoms with Crippen molar-refractivity contribution in [3.63, 3.8) is 0 Å². The van der Waals surface area contributed by atoms with Crippen molar-refractivity contribution < 1.29 is 14.3 Å². The number of hydrogen-bond acceptors (Lipinski definition) is 3. The van der Waals surface area contributed by atoms with Crippen LogP contribution in [0.2, 0.25) is 0 Å². The fourth-order valence-corrected chi connectivity index (χ4v) is 9.35. The summed E-state index contributed by atoms with van der Waals surface area (Å²) in [5.74, 6) is 0.564. The van der Waals surface area contributed by atoms with Crippen molar-refractivity contribution in [3.05, 3.63) is 76.9 Å². The molecule has 326 valence electrons. The van der Waals surface area contributed by atoms with Crippen LogP contribution in [0.5, 0.6) is 5.75 Å². The van der Waals surface area contributed by atoms with Crippen LogP contribution >= 0.6 is 8.60 Å². The monoisotopic (exact) mass is 813 g/mol. The second-order valence-electron chi connectivity index (χ2n) is 17.4. The van der Waals surface area contributed by atoms with Gasteiger partial charge in [-0.15, -0.1) is 0 Å². The molecule has 0 aromatic heterocycles. The Labute approximate surface area is 359 Å². The van der Waals surface area contributed by atoms with Crippen LogP contribution in [0.4, 0.5) is 0 Å². The van der Waals surface area contributed by atoms with Crippen molar-refractivity contribution in [3.8, 4) is 28.0 Å². The van der Waals surface area contributed by atoms with E-state index in [-0.39, 0.29) is 0 Å². The average molecular weight is 813 g/mol. The number of aryl methyl sites for hydroxylation is 2. The van der Waals surface area contributed by atoms with Gasteiger partial charge in [0.2, 0.25) is 0 Å². The molecule has 0 saturated carbocycles. The van der Waals surface area contributed by atoms with Crippen LogP contribution in [0, 0.1) is 0 Å². The van der Waals surface area contributed by atoms with Crippen molar-refractivity contribution in [2.75, 3.05) is 0 Å². The minimum absolute atomic E-state index is 0.564. The molecular weight excluding hydrogens is 728 g/mol. The lowest BCUT2D eigenvalue weighted by Crippen LogP contribution is -2.15. The minimum atomic E-state index is -3.05. The summed E-state index contributed by atoms with van der Waals surface area (Å²) < 4.78 is 5.91. The highest BCUT2D eigenvalue weighted by Crippen LogP contribution is 2.46. The van der Waals surface area contributed by atoms with Crippen LogP contribution in [0.25, 0.3) is 22.3 Å². The fourth-order valence-electron chi connectivity index (χ4n) is 9.03. The molecule has 0 fully saturated rings. The van der Waals surface area contributed by atoms with Crippen molar-refractivity contribution in [1.82, 2.24) is 0 Å². The highest BCUT2D eigenvalue weighted by atomic mass is 31.2. The lowest BCUT2D eigenvalue weighted by Gasteiger charge is -2.33. The van der Waals surface area contributed by atoms with Gasteiger partial charge in [-0.2, -0.15) is 0 Å². The van der Waals surface area contributed by atoms with Gasteiger partial charge < -0.3 is 14.3 Å². The summed E-state index contributed by atoms with van der Waals surface area (Å²) in [6.45, 7) is 9.14. The molecule has 58 heavy (non-hydrogen) atoms. The summed E-state index contributed by atoms with van der Waals surface area (Å²) in [5, 5.41) is 0. The van der Waals surface area contributed by atoms with E-state index in [1.165, 1.54) is 194 Å². The van der Waals surface area contributed by atoms with Crippen molar-refractivity contribution in [2.24, 2.45) is 0 Å². The van der Waals surface area contributed by atoms with E-state index in [2.05, 4.69) is 82.3 Å². The molecule has 3 nitrogen and oxygen atoms in total. The number of unbranched alkanes of at least 4 members (excludes halogenated alkanes) is 24. The maximum atomic E-state index is 12.5. The van der Waals surface area contributed by atoms with E-state index < -0.39 is 8.60 Å². The summed E-state index contributed by atoms with van der Waals surface area (Å²) >= 11 is 0. The maximum absolute atomic E-state index is 12.5. The van der Waals surface area contributed by atoms with Crippen LogP contribution in [-0.2, 0) is 25.7 Å². The number of rotatable bonds is 36. The molecule has 0 aliphatic carbocycles. The van der Waals surface area contributed by atoms with Crippen LogP contribution in [-0.4, -0.2) is 0 Å². The van der Waals surface area contributed by atoms with Crippen LogP contribution in [0.1, 0.15) is 230 Å². The van der Waals surface area contributed by atoms with Gasteiger partial charge in [-0.25, -0.2) is 0 Å². The summed E-state index contributed by atoms with van der Waals surface area (Å²) in [5.41, 5.74) is 10.3. The molecule has 0 spiro atoms. The quantitative estimate of drug-likeness (QED) is 0.0434. The minimum Gasteiger partial charge on any atom is -0.810 e. The Balaban J connectivity index is 2.15. The lowest BCUT2D eigenvalue weighted by atomic mass is 9.80. The standard InChI is InChI=1S/C54H85O3P/c1-5-9-13-17-21-25-29-37-46-39-33-35-41-48(46)52-45-53(57-58(55)56)50(43-31-27-23-19-15-11-7-3)51(44-32-28-24-20-16-12-8-4)54(52)49-42-36-34-40-47(49)38-30-26-22-18-14-10-6-2/h33-36,39-42,45H,5-32,37-38,43-44H2,1-4H3/q-2. The highest BCUT2D eigenvalue weighted by Gasteiger charge is 2.24. The van der Waals surface area contributed by atoms with Crippen molar-refractivity contribution >= 4 is 8.60 Å². The SMILES string of the molecule is CCCCCCCCCc1ccccc1-c1cc(OP([O-])[O-])c(CCCCCCCCC)c(CCCCCCCCC)c1-c1ccccc1CCCCCCCCC. The average Bonchev–Trinajstić information content (AvgIpc) is 3.23. The molecule has 0 heterocycles. The van der Waals surface area contributed by atoms with E-state index in [9.17, 15) is 9.79 Å². The number of hydrogen-bond donors (Lipinski definition) is 0. The molecule has 0 aliphatic heterocycles. The maximum Gasteiger partial charge on any atom is 0.123 e. The Kier molecular flexibility index (Phi) is 28.2. The third-order valence-electron chi connectivity index (χ3n) is 12.4. The van der Waals surface area contributed by atoms with E-state index in [1.54, 1.807) is 0 Å². The summed E-state index contributed by atoms with van der Waals surface area (Å²) in [6, 6.07) is 20.3. The first-order valence-corrected chi connectivity index (χ1v) is 25.8. The lowest BCUT2D eigenvalue weighted by molar-refractivity contribution is -0.310. The molecule has 4 heteroatoms. The Morgan fingerprint density at radius 2 is 0.724 bits per heavy atom. The third-order valence-corrected chi connectivity index (χ3v) is 12.8. The van der Waals surface area contributed by atoms with E-state index in [0.29, 0.717) is 5.75 Å². The predicted molar refractivity (Wildman–Crippen MR) is 252 cm³/mol. The molecule has 3 rings (SSSR count). The zero-order chi connectivity index (χ0) is 41.5. The molecule has 0 N–H and O–H groups in total. The van der Waals surface area contributed by atoms with Crippen molar-refractivity contribution in [2.45, 2.75) is 233 Å². The van der Waals surface area contributed by atoms with Crippen LogP contribution in [0.15, 0.2) is 54.6 Å². The van der Waals surface area contributed by atoms with Crippen molar-refractivity contribution in [1.29, 1.82) is 0 Å². The Morgan fingerprint density at radius 3 is 1.16 bits per heavy atom. The van der Waals surface area contributed by atoms with Gasteiger partial charge >= 0.3 is 0 Å². The van der Waals surface area contributed by atoms with Gasteiger partial charge in [-0.3, -0.25) is 0 Å². The first kappa shape index (κ1) is 50.2. The van der Waals surface area contributed by atoms with Gasteiger partial charge in [-0.1, -0.05) is 239 Å². The summed E-state index contributed by atoms with van der Waals surface area (Å²) in [4.78, 5) is 25.1. The molecule has 0 saturated heterocycles. The van der Waals surface area contributed by atoms with Gasteiger partial charge in [0.1, 0.15) is 5.75 Å². The largest absolute Gasteiger partial charge is 0.810 e. The number of benzene rings is 3. The first-order chi connectivity index (χ1) is 28.5. The molecule has 0 aliphatic rings. The van der Waals surface area contributed by atoms with E-state index >= 15 is 0 Å². The Hall–Kier alpha value is -2.19. The van der Waals surface area contributed by atoms with E-state index in [1.807, 2.05) is 0 Å². The van der Waals surface area contributed by atoms with Gasteiger partial charge in [-0.05, 0) is 102 Å². The fraction of sp³-hybridized carbons (Fsp3) is 0.667. The highest BCUT2D eigenvalue weighted by molar-refractivity contribution is 7.36. The molecule has 0 unspecified atom stereocenters. The van der Waals surface area contributed by atoms with E-state index in [0.717, 1.165) is 56.1 Å². The van der Waals surface area contributed by atoms with E-state index in [4.69, 9.17) is 4.52 Å². The molecule has 0 atom stereocenters. The summed E-state index contributed by atoms with van der Waals surface area (Å²) in [7, 11) is -3.05. The first-order valence-electron chi connectivity index (χ1n) is 24.7. The molecule has 0 bridgehead atoms. The normalized spacial score (nSPS) is 11.6. The zero-order valence-electron chi connectivity index (χ0n) is 38.0. The topological polar surface area (TPSA) is 55.3 Å². The zero-order valence-corrected chi connectivity index (χ0v) is 38.9.